The number of piperidine rings is 1. The normalized spacial score (nSPS) is 15.7. The molecule has 1 N–H and O–H groups in total. The first-order valence-corrected chi connectivity index (χ1v) is 9.89. The van der Waals surface area contributed by atoms with Crippen LogP contribution in [-0.4, -0.2) is 36.0 Å². The van der Waals surface area contributed by atoms with Gasteiger partial charge in [-0.25, -0.2) is 4.98 Å². The van der Waals surface area contributed by atoms with Gasteiger partial charge < -0.3 is 10.2 Å². The fraction of sp³-hybridized carbons (Fsp3) is 0.500. The predicted octanol–water partition coefficient (Wildman–Crippen LogP) is 4.41. The third-order valence-electron chi connectivity index (χ3n) is 4.90. The number of hydrogen-bond acceptors (Lipinski definition) is 3. The van der Waals surface area contributed by atoms with Crippen LogP contribution in [0, 0.1) is 19.8 Å². The Balaban J connectivity index is 0.00000243. The van der Waals surface area contributed by atoms with Gasteiger partial charge in [0.05, 0.1) is 17.2 Å². The molecule has 3 rings (SSSR count). The highest BCUT2D eigenvalue weighted by molar-refractivity contribution is 14.0. The Bertz CT molecular complexity index is 706. The van der Waals surface area contributed by atoms with Crippen LogP contribution in [0.5, 0.6) is 0 Å². The van der Waals surface area contributed by atoms with Crippen molar-refractivity contribution in [3.8, 4) is 0 Å². The van der Waals surface area contributed by atoms with E-state index in [1.165, 1.54) is 29.7 Å². The third-order valence-corrected chi connectivity index (χ3v) is 5.97. The Morgan fingerprint density at radius 1 is 1.23 bits per heavy atom. The number of hydrogen-bond donors (Lipinski definition) is 1. The molecular weight excluding hydrogens is 455 g/mol. The molecule has 0 unspecified atom stereocenters. The molecule has 2 aromatic rings. The SMILES string of the molecule is CN=C(NCc1sc(C)nc1C)N1CCC(Cc2ccccc2)CC1.I. The van der Waals surface area contributed by atoms with Gasteiger partial charge in [-0.3, -0.25) is 4.99 Å². The number of thiazole rings is 1. The molecule has 0 saturated carbocycles. The lowest BCUT2D eigenvalue weighted by Crippen LogP contribution is -2.45. The lowest BCUT2D eigenvalue weighted by molar-refractivity contribution is 0.259. The molecule has 0 amide bonds. The van der Waals surface area contributed by atoms with Crippen molar-refractivity contribution in [2.45, 2.75) is 39.7 Å². The van der Waals surface area contributed by atoms with E-state index in [1.54, 1.807) is 11.3 Å². The quantitative estimate of drug-likeness (QED) is 0.397. The van der Waals surface area contributed by atoms with Gasteiger partial charge in [0, 0.05) is 25.0 Å². The van der Waals surface area contributed by atoms with Gasteiger partial charge in [0.25, 0.3) is 0 Å². The number of likely N-dealkylation sites (tertiary alicyclic amines) is 1. The van der Waals surface area contributed by atoms with Gasteiger partial charge in [-0.1, -0.05) is 30.3 Å². The molecule has 4 nitrogen and oxygen atoms in total. The van der Waals surface area contributed by atoms with E-state index in [0.717, 1.165) is 42.2 Å². The summed E-state index contributed by atoms with van der Waals surface area (Å²) in [5.41, 5.74) is 2.59. The summed E-state index contributed by atoms with van der Waals surface area (Å²) in [6.45, 7) is 7.12. The van der Waals surface area contributed by atoms with Gasteiger partial charge in [0.15, 0.2) is 5.96 Å². The van der Waals surface area contributed by atoms with Crippen LogP contribution in [0.3, 0.4) is 0 Å². The maximum absolute atomic E-state index is 4.50. The van der Waals surface area contributed by atoms with Crippen molar-refractivity contribution in [1.29, 1.82) is 0 Å². The first-order valence-electron chi connectivity index (χ1n) is 9.08. The summed E-state index contributed by atoms with van der Waals surface area (Å²) in [5, 5.41) is 4.65. The maximum Gasteiger partial charge on any atom is 0.193 e. The second kappa shape index (κ2) is 10.3. The van der Waals surface area contributed by atoms with E-state index in [2.05, 4.69) is 64.4 Å². The van der Waals surface area contributed by atoms with Crippen LogP contribution in [0.1, 0.15) is 34.0 Å². The Labute approximate surface area is 178 Å². The Hall–Kier alpha value is -1.15. The standard InChI is InChI=1S/C20H28N4S.HI/c1-15-19(25-16(2)23-15)14-22-20(21-3)24-11-9-18(10-12-24)13-17-7-5-4-6-8-17;/h4-8,18H,9-14H2,1-3H3,(H,21,22);1H. The van der Waals surface area contributed by atoms with Gasteiger partial charge >= 0.3 is 0 Å². The Morgan fingerprint density at radius 3 is 2.50 bits per heavy atom. The van der Waals surface area contributed by atoms with E-state index in [4.69, 9.17) is 0 Å². The molecule has 0 aliphatic carbocycles. The fourth-order valence-electron chi connectivity index (χ4n) is 3.53. The first-order chi connectivity index (χ1) is 12.2. The number of guanidine groups is 1. The van der Waals surface area contributed by atoms with Crippen molar-refractivity contribution in [2.75, 3.05) is 20.1 Å². The van der Waals surface area contributed by atoms with Gasteiger partial charge in [0.1, 0.15) is 0 Å². The van der Waals surface area contributed by atoms with Crippen LogP contribution in [0.4, 0.5) is 0 Å². The molecule has 2 heterocycles. The largest absolute Gasteiger partial charge is 0.351 e. The highest BCUT2D eigenvalue weighted by atomic mass is 127. The van der Waals surface area contributed by atoms with E-state index in [1.807, 2.05) is 7.05 Å². The summed E-state index contributed by atoms with van der Waals surface area (Å²) >= 11 is 1.77. The highest BCUT2D eigenvalue weighted by Crippen LogP contribution is 2.22. The first kappa shape index (κ1) is 21.2. The summed E-state index contributed by atoms with van der Waals surface area (Å²) in [7, 11) is 1.88. The highest BCUT2D eigenvalue weighted by Gasteiger charge is 2.21. The predicted molar refractivity (Wildman–Crippen MR) is 122 cm³/mol. The zero-order valence-electron chi connectivity index (χ0n) is 15.9. The second-order valence-electron chi connectivity index (χ2n) is 6.76. The van der Waals surface area contributed by atoms with Crippen molar-refractivity contribution in [3.63, 3.8) is 0 Å². The smallest absolute Gasteiger partial charge is 0.193 e. The van der Waals surface area contributed by atoms with Crippen LogP contribution >= 0.6 is 35.3 Å². The minimum Gasteiger partial charge on any atom is -0.351 e. The number of nitrogens with one attached hydrogen (secondary N) is 1. The number of aryl methyl sites for hydroxylation is 2. The molecule has 1 saturated heterocycles. The average Bonchev–Trinajstić information content (AvgIpc) is 2.95. The van der Waals surface area contributed by atoms with E-state index in [0.29, 0.717) is 0 Å². The molecule has 1 aromatic heterocycles. The summed E-state index contributed by atoms with van der Waals surface area (Å²) in [6.07, 6.45) is 3.66. The molecule has 26 heavy (non-hydrogen) atoms. The number of rotatable bonds is 4. The van der Waals surface area contributed by atoms with Crippen LogP contribution < -0.4 is 5.32 Å². The zero-order chi connectivity index (χ0) is 17.6. The molecule has 0 radical (unpaired) electrons. The summed E-state index contributed by atoms with van der Waals surface area (Å²) < 4.78 is 0. The fourth-order valence-corrected chi connectivity index (χ4v) is 4.40. The third kappa shape index (κ3) is 5.67. The Kier molecular flexibility index (Phi) is 8.34. The summed E-state index contributed by atoms with van der Waals surface area (Å²) in [5.74, 6) is 1.80. The van der Waals surface area contributed by atoms with Crippen LogP contribution in [-0.2, 0) is 13.0 Å². The van der Waals surface area contributed by atoms with E-state index in [-0.39, 0.29) is 24.0 Å². The topological polar surface area (TPSA) is 40.5 Å². The monoisotopic (exact) mass is 484 g/mol. The molecular formula is C20H29IN4S. The second-order valence-corrected chi connectivity index (χ2v) is 8.05. The van der Waals surface area contributed by atoms with Crippen molar-refractivity contribution in [3.05, 3.63) is 51.5 Å². The lowest BCUT2D eigenvalue weighted by atomic mass is 9.90. The average molecular weight is 484 g/mol. The van der Waals surface area contributed by atoms with E-state index in [9.17, 15) is 0 Å². The number of aromatic nitrogens is 1. The van der Waals surface area contributed by atoms with Crippen molar-refractivity contribution >= 4 is 41.3 Å². The summed E-state index contributed by atoms with van der Waals surface area (Å²) in [4.78, 5) is 12.7. The van der Waals surface area contributed by atoms with Crippen molar-refractivity contribution in [2.24, 2.45) is 10.9 Å². The van der Waals surface area contributed by atoms with Crippen molar-refractivity contribution in [1.82, 2.24) is 15.2 Å². The molecule has 0 atom stereocenters. The van der Waals surface area contributed by atoms with E-state index >= 15 is 0 Å². The van der Waals surface area contributed by atoms with Crippen LogP contribution in [0.15, 0.2) is 35.3 Å². The zero-order valence-corrected chi connectivity index (χ0v) is 19.0. The summed E-state index contributed by atoms with van der Waals surface area (Å²) in [6, 6.07) is 10.9. The molecule has 142 valence electrons. The van der Waals surface area contributed by atoms with Crippen molar-refractivity contribution < 1.29 is 0 Å². The van der Waals surface area contributed by atoms with Gasteiger partial charge in [-0.2, -0.15) is 0 Å². The minimum absolute atomic E-state index is 0. The van der Waals surface area contributed by atoms with E-state index < -0.39 is 0 Å². The lowest BCUT2D eigenvalue weighted by Gasteiger charge is -2.34. The van der Waals surface area contributed by atoms with Gasteiger partial charge in [-0.05, 0) is 44.6 Å². The number of halogens is 1. The molecule has 1 aliphatic rings. The molecule has 6 heteroatoms. The Morgan fingerprint density at radius 2 is 1.92 bits per heavy atom. The molecule has 1 aliphatic heterocycles. The van der Waals surface area contributed by atoms with Crippen LogP contribution in [0.2, 0.25) is 0 Å². The molecule has 1 aromatic carbocycles. The van der Waals surface area contributed by atoms with Crippen LogP contribution in [0.25, 0.3) is 0 Å². The minimum atomic E-state index is 0. The molecule has 0 spiro atoms. The van der Waals surface area contributed by atoms with Gasteiger partial charge in [0.2, 0.25) is 0 Å². The maximum atomic E-state index is 4.50. The molecule has 0 bridgehead atoms. The number of nitrogens with zero attached hydrogens (tertiary/aromatic N) is 3. The van der Waals surface area contributed by atoms with Gasteiger partial charge in [-0.15, -0.1) is 35.3 Å². The number of benzene rings is 1. The molecule has 1 fully saturated rings. The number of aliphatic imine (C=N–C) groups is 1.